The molecule has 1 saturated carbocycles. The molecule has 4 fully saturated rings. The molecule has 2 aromatic carbocycles. The maximum absolute atomic E-state index is 12.0. The molecule has 3 saturated heterocycles. The number of nitrogens with one attached hydrogen (secondary N) is 1. The maximum Gasteiger partial charge on any atom is 0.121 e. The average molecular weight is 774 g/mol. The fourth-order valence-corrected chi connectivity index (χ4v) is 9.29. The summed E-state index contributed by atoms with van der Waals surface area (Å²) in [6.45, 7) is 6.69. The summed E-state index contributed by atoms with van der Waals surface area (Å²) in [6.07, 6.45) is 22.7. The molecule has 7 nitrogen and oxygen atoms in total. The number of hydrogen-bond donors (Lipinski definition) is 5. The van der Waals surface area contributed by atoms with Crippen LogP contribution in [0.5, 0.6) is 5.75 Å². The number of unbranched alkanes of at least 4 members (excludes halogenated alkanes) is 11. The zero-order valence-corrected chi connectivity index (χ0v) is 32.9. The first-order chi connectivity index (χ1) is 24.4. The molecule has 2 aromatic rings. The van der Waals surface area contributed by atoms with E-state index < -0.39 is 11.7 Å². The molecule has 3 aliphatic heterocycles. The number of rotatable bonds is 24. The number of quaternary nitrogens is 1. The summed E-state index contributed by atoms with van der Waals surface area (Å²) < 4.78 is 7.99. The molecule has 3 atom stereocenters. The van der Waals surface area contributed by atoms with Gasteiger partial charge in [-0.3, -0.25) is 0 Å². The number of hydrogen-bond acceptors (Lipinski definition) is 6. The highest BCUT2D eigenvalue weighted by atomic mass is 79.9. The Morgan fingerprint density at radius 3 is 2.04 bits per heavy atom. The van der Waals surface area contributed by atoms with Gasteiger partial charge in [-0.25, -0.2) is 0 Å². The lowest BCUT2D eigenvalue weighted by atomic mass is 9.80. The van der Waals surface area contributed by atoms with Crippen LogP contribution in [0.25, 0.3) is 0 Å². The summed E-state index contributed by atoms with van der Waals surface area (Å²) in [6, 6.07) is 15.3. The topological polar surface area (TPSA) is 102 Å². The van der Waals surface area contributed by atoms with E-state index in [1.165, 1.54) is 126 Å². The number of halogens is 1. The van der Waals surface area contributed by atoms with Crippen LogP contribution in [0, 0.1) is 11.8 Å². The first kappa shape index (κ1) is 42.2. The molecule has 8 heteroatoms. The Hall–Kier alpha value is -1.52. The monoisotopic (exact) mass is 772 g/mol. The summed E-state index contributed by atoms with van der Waals surface area (Å²) in [4.78, 5) is 0. The molecule has 51 heavy (non-hydrogen) atoms. The molecule has 1 aliphatic carbocycles. The second-order valence-electron chi connectivity index (χ2n) is 16.2. The fourth-order valence-electron chi connectivity index (χ4n) is 9.29. The SMILES string of the molecule is OCc1cc([C@@H](O)CNCCCCCCCCCCCCCC[N+]23CCC(CC2)[C@@H](OC[C@@](O)(c2ccccc2)C2CCCC2)C3)ccc1O.[Br-]. The fraction of sp³-hybridized carbons (Fsp3) is 0.721. The molecular formula is C43H69BrN2O5. The van der Waals surface area contributed by atoms with E-state index in [0.717, 1.165) is 37.9 Å². The van der Waals surface area contributed by atoms with Gasteiger partial charge in [0, 0.05) is 30.9 Å². The standard InChI is InChI=1S/C43H68N2O5.BrH/c46-33-37-30-36(22-23-40(37)47)41(48)31-44-26-16-9-7-5-3-1-2-4-6-8-10-17-27-45-28-24-35(25-29-45)42(32-45)50-34-43(49,39-20-14-15-21-39)38-18-12-11-13-19-38;/h11-13,18-19,22-23,30,35,39,41-42,44,46,48-49H,1-10,14-17,20-21,24-29,31-34H2;1H/t35?,41-,42-,43+,45?;/m0./s1. The Labute approximate surface area is 319 Å². The van der Waals surface area contributed by atoms with Crippen molar-refractivity contribution >= 4 is 0 Å². The molecule has 288 valence electrons. The van der Waals surface area contributed by atoms with Crippen molar-refractivity contribution in [2.75, 3.05) is 45.9 Å². The third kappa shape index (κ3) is 12.5. The smallest absolute Gasteiger partial charge is 0.121 e. The highest BCUT2D eigenvalue weighted by molar-refractivity contribution is 5.36. The highest BCUT2D eigenvalue weighted by Gasteiger charge is 2.48. The van der Waals surface area contributed by atoms with Crippen LogP contribution in [-0.2, 0) is 16.9 Å². The van der Waals surface area contributed by atoms with Crippen molar-refractivity contribution in [1.29, 1.82) is 0 Å². The molecule has 0 radical (unpaired) electrons. The number of nitrogens with zero attached hydrogens (tertiary/aromatic N) is 1. The minimum atomic E-state index is -0.858. The van der Waals surface area contributed by atoms with E-state index in [-0.39, 0.29) is 29.3 Å². The van der Waals surface area contributed by atoms with Gasteiger partial charge in [-0.2, -0.15) is 0 Å². The Morgan fingerprint density at radius 2 is 1.41 bits per heavy atom. The predicted molar refractivity (Wildman–Crippen MR) is 202 cm³/mol. The van der Waals surface area contributed by atoms with Gasteiger partial charge in [0.15, 0.2) is 0 Å². The number of fused-ring (bicyclic) bond motifs is 3. The Balaban J connectivity index is 0.00000583. The lowest BCUT2D eigenvalue weighted by Crippen LogP contribution is -3.00. The molecule has 0 amide bonds. The first-order valence-corrected chi connectivity index (χ1v) is 20.5. The van der Waals surface area contributed by atoms with Gasteiger partial charge in [0.2, 0.25) is 0 Å². The van der Waals surface area contributed by atoms with Crippen molar-refractivity contribution in [1.82, 2.24) is 5.32 Å². The second-order valence-corrected chi connectivity index (χ2v) is 16.2. The molecule has 5 N–H and O–H groups in total. The van der Waals surface area contributed by atoms with Crippen molar-refractivity contribution in [3.05, 3.63) is 65.2 Å². The zero-order chi connectivity index (χ0) is 35.1. The van der Waals surface area contributed by atoms with Gasteiger partial charge in [-0.1, -0.05) is 107 Å². The van der Waals surface area contributed by atoms with Crippen molar-refractivity contribution in [3.63, 3.8) is 0 Å². The number of aromatic hydroxyl groups is 1. The molecule has 2 bridgehead atoms. The van der Waals surface area contributed by atoms with Gasteiger partial charge < -0.3 is 51.9 Å². The third-order valence-electron chi connectivity index (χ3n) is 12.6. The average Bonchev–Trinajstić information content (AvgIpc) is 3.71. The highest BCUT2D eigenvalue weighted by Crippen LogP contribution is 2.43. The number of phenols is 1. The maximum atomic E-state index is 12.0. The van der Waals surface area contributed by atoms with E-state index >= 15 is 0 Å². The van der Waals surface area contributed by atoms with Crippen molar-refractivity contribution in [2.45, 2.75) is 140 Å². The molecule has 4 aliphatic rings. The second kappa shape index (κ2) is 22.0. The van der Waals surface area contributed by atoms with Gasteiger partial charge in [0.25, 0.3) is 0 Å². The molecule has 0 spiro atoms. The van der Waals surface area contributed by atoms with Crippen LogP contribution in [-0.4, -0.2) is 76.9 Å². The van der Waals surface area contributed by atoms with Gasteiger partial charge in [0.1, 0.15) is 24.0 Å². The van der Waals surface area contributed by atoms with Crippen LogP contribution in [0.3, 0.4) is 0 Å². The van der Waals surface area contributed by atoms with Crippen molar-refractivity contribution < 1.29 is 46.6 Å². The van der Waals surface area contributed by atoms with Crippen molar-refractivity contribution in [3.8, 4) is 5.75 Å². The molecular weight excluding hydrogens is 704 g/mol. The van der Waals surface area contributed by atoms with E-state index in [0.29, 0.717) is 42.2 Å². The van der Waals surface area contributed by atoms with Gasteiger partial charge in [-0.15, -0.1) is 0 Å². The summed E-state index contributed by atoms with van der Waals surface area (Å²) in [5.74, 6) is 1.04. The van der Waals surface area contributed by atoms with Gasteiger partial charge in [0.05, 0.1) is 39.0 Å². The Morgan fingerprint density at radius 1 is 0.804 bits per heavy atom. The molecule has 0 aromatic heterocycles. The van der Waals surface area contributed by atoms with Crippen LogP contribution in [0.2, 0.25) is 0 Å². The number of piperidine rings is 3. The summed E-state index contributed by atoms with van der Waals surface area (Å²) in [5.41, 5.74) is 1.35. The van der Waals surface area contributed by atoms with E-state index in [1.807, 2.05) is 6.07 Å². The van der Waals surface area contributed by atoms with E-state index in [4.69, 9.17) is 4.74 Å². The lowest BCUT2D eigenvalue weighted by Gasteiger charge is -2.53. The zero-order valence-electron chi connectivity index (χ0n) is 31.3. The largest absolute Gasteiger partial charge is 1.00 e. The first-order valence-electron chi connectivity index (χ1n) is 20.5. The summed E-state index contributed by atoms with van der Waals surface area (Å²) in [7, 11) is 0. The van der Waals surface area contributed by atoms with E-state index in [1.54, 1.807) is 12.1 Å². The quantitative estimate of drug-likeness (QED) is 0.0770. The number of aliphatic hydroxyl groups is 3. The third-order valence-corrected chi connectivity index (χ3v) is 12.6. The minimum Gasteiger partial charge on any atom is -1.00 e. The van der Waals surface area contributed by atoms with Crippen molar-refractivity contribution in [2.24, 2.45) is 11.8 Å². The Kier molecular flexibility index (Phi) is 18.2. The lowest BCUT2D eigenvalue weighted by molar-refractivity contribution is -0.946. The molecule has 6 rings (SSSR count). The number of benzene rings is 2. The number of aliphatic hydroxyl groups excluding tert-OH is 2. The Bertz CT molecular complexity index is 1240. The predicted octanol–water partition coefficient (Wildman–Crippen LogP) is 4.90. The normalized spacial score (nSPS) is 23.6. The summed E-state index contributed by atoms with van der Waals surface area (Å²) in [5, 5.41) is 44.7. The van der Waals surface area contributed by atoms with Crippen LogP contribution in [0.4, 0.5) is 0 Å². The van der Waals surface area contributed by atoms with E-state index in [9.17, 15) is 20.4 Å². The molecule has 0 unspecified atom stereocenters. The molecule has 3 heterocycles. The van der Waals surface area contributed by atoms with Gasteiger partial charge >= 0.3 is 0 Å². The van der Waals surface area contributed by atoms with E-state index in [2.05, 4.69) is 29.6 Å². The number of ether oxygens (including phenoxy) is 1. The van der Waals surface area contributed by atoms with Gasteiger partial charge in [-0.05, 0) is 67.8 Å². The van der Waals surface area contributed by atoms with Crippen LogP contribution in [0.1, 0.15) is 138 Å². The summed E-state index contributed by atoms with van der Waals surface area (Å²) >= 11 is 0. The minimum absolute atomic E-state index is 0. The van der Waals surface area contributed by atoms with Crippen LogP contribution < -0.4 is 22.3 Å². The van der Waals surface area contributed by atoms with Crippen LogP contribution >= 0.6 is 0 Å². The van der Waals surface area contributed by atoms with Crippen LogP contribution in [0.15, 0.2) is 48.5 Å².